The van der Waals surface area contributed by atoms with Crippen molar-refractivity contribution in [1.29, 1.82) is 0 Å². The molecule has 6 nitrogen and oxygen atoms in total. The zero-order valence-electron chi connectivity index (χ0n) is 43.4. The van der Waals surface area contributed by atoms with Crippen molar-refractivity contribution in [2.45, 2.75) is 277 Å². The SMILES string of the molecule is CC/C=C\C/C=C\C/C=C\C/C=C\C/C=C\CCC(=O)OCC(COC(=O)CCCCCCCCCCCCCCCCCC)OC(=O)CCCCCCC/C=C\CCCCCCCCC. The predicted molar refractivity (Wildman–Crippen MR) is 284 cm³/mol. The van der Waals surface area contributed by atoms with Gasteiger partial charge in [-0.05, 0) is 77.0 Å². The van der Waals surface area contributed by atoms with Crippen molar-refractivity contribution in [3.05, 3.63) is 72.9 Å². The average molecular weight is 921 g/mol. The fourth-order valence-electron chi connectivity index (χ4n) is 7.78. The van der Waals surface area contributed by atoms with Crippen LogP contribution in [0.3, 0.4) is 0 Å². The average Bonchev–Trinajstić information content (AvgIpc) is 3.31. The molecular weight excluding hydrogens is 817 g/mol. The van der Waals surface area contributed by atoms with Crippen molar-refractivity contribution in [1.82, 2.24) is 0 Å². The smallest absolute Gasteiger partial charge is 0.306 e. The number of carbonyl (C=O) groups is 3. The molecule has 0 aromatic heterocycles. The number of esters is 3. The number of allylic oxidation sites excluding steroid dienone is 12. The maximum atomic E-state index is 12.8. The summed E-state index contributed by atoms with van der Waals surface area (Å²) >= 11 is 0. The van der Waals surface area contributed by atoms with Gasteiger partial charge in [0.2, 0.25) is 0 Å². The van der Waals surface area contributed by atoms with Gasteiger partial charge in [-0.3, -0.25) is 14.4 Å². The zero-order chi connectivity index (χ0) is 47.9. The van der Waals surface area contributed by atoms with Crippen LogP contribution in [0.1, 0.15) is 271 Å². The van der Waals surface area contributed by atoms with Gasteiger partial charge in [-0.15, -0.1) is 0 Å². The van der Waals surface area contributed by atoms with Crippen LogP contribution in [-0.4, -0.2) is 37.2 Å². The number of hydrogen-bond acceptors (Lipinski definition) is 6. The molecule has 0 saturated carbocycles. The summed E-state index contributed by atoms with van der Waals surface area (Å²) in [4.78, 5) is 38.1. The third-order valence-electron chi connectivity index (χ3n) is 12.0. The Hall–Kier alpha value is -3.15. The summed E-state index contributed by atoms with van der Waals surface area (Å²) in [5, 5.41) is 0. The quantitative estimate of drug-likeness (QED) is 0.0262. The van der Waals surface area contributed by atoms with Crippen LogP contribution in [0.4, 0.5) is 0 Å². The Morgan fingerprint density at radius 1 is 0.318 bits per heavy atom. The second kappa shape index (κ2) is 54.5. The second-order valence-electron chi connectivity index (χ2n) is 18.5. The van der Waals surface area contributed by atoms with Crippen LogP contribution in [-0.2, 0) is 28.6 Å². The van der Waals surface area contributed by atoms with E-state index >= 15 is 0 Å². The molecule has 0 bridgehead atoms. The van der Waals surface area contributed by atoms with Crippen molar-refractivity contribution in [3.8, 4) is 0 Å². The first-order valence-corrected chi connectivity index (χ1v) is 27.9. The Kier molecular flexibility index (Phi) is 51.9. The Morgan fingerprint density at radius 3 is 1.02 bits per heavy atom. The Balaban J connectivity index is 4.47. The van der Waals surface area contributed by atoms with E-state index in [0.29, 0.717) is 19.3 Å². The van der Waals surface area contributed by atoms with Crippen LogP contribution in [0, 0.1) is 0 Å². The molecule has 0 N–H and O–H groups in total. The lowest BCUT2D eigenvalue weighted by Crippen LogP contribution is -2.30. The van der Waals surface area contributed by atoms with E-state index in [2.05, 4.69) is 87.6 Å². The van der Waals surface area contributed by atoms with E-state index in [4.69, 9.17) is 14.2 Å². The lowest BCUT2D eigenvalue weighted by molar-refractivity contribution is -0.166. The normalized spacial score (nSPS) is 12.6. The number of carbonyl (C=O) groups excluding carboxylic acids is 3. The van der Waals surface area contributed by atoms with E-state index in [9.17, 15) is 14.4 Å². The molecule has 0 aliphatic heterocycles. The third kappa shape index (κ3) is 51.8. The molecule has 0 fully saturated rings. The number of ether oxygens (including phenoxy) is 3. The maximum Gasteiger partial charge on any atom is 0.306 e. The standard InChI is InChI=1S/C60H104O6/c1-4-7-10-13-16-19-22-25-28-31-34-37-40-43-46-49-52-58(61)64-55-57(66-60(63)54-51-48-45-42-39-36-33-30-27-24-21-18-15-12-9-6-3)56-65-59(62)53-50-47-44-41-38-35-32-29-26-23-20-17-14-11-8-5-2/h7,10,16,19,25,28,30,33-34,37,43,46,57H,4-6,8-9,11-15,17-18,20-24,26-27,29,31-32,35-36,38-42,44-45,47-56H2,1-3H3/b10-7-,19-16-,28-25-,33-30-,37-34-,46-43-. The molecule has 0 heterocycles. The summed E-state index contributed by atoms with van der Waals surface area (Å²) in [6, 6.07) is 0. The summed E-state index contributed by atoms with van der Waals surface area (Å²) < 4.78 is 16.8. The van der Waals surface area contributed by atoms with Crippen LogP contribution in [0.5, 0.6) is 0 Å². The van der Waals surface area contributed by atoms with Gasteiger partial charge in [0.25, 0.3) is 0 Å². The highest BCUT2D eigenvalue weighted by atomic mass is 16.6. The highest BCUT2D eigenvalue weighted by molar-refractivity contribution is 5.71. The van der Waals surface area contributed by atoms with Gasteiger partial charge in [0.05, 0.1) is 0 Å². The maximum absolute atomic E-state index is 12.8. The van der Waals surface area contributed by atoms with Crippen LogP contribution in [0.2, 0.25) is 0 Å². The molecule has 0 saturated heterocycles. The minimum atomic E-state index is -0.808. The fraction of sp³-hybridized carbons (Fsp3) is 0.750. The summed E-state index contributed by atoms with van der Waals surface area (Å²) in [5.41, 5.74) is 0. The molecule has 380 valence electrons. The molecule has 0 rings (SSSR count). The van der Waals surface area contributed by atoms with Gasteiger partial charge in [-0.25, -0.2) is 0 Å². The van der Waals surface area contributed by atoms with Crippen molar-refractivity contribution >= 4 is 17.9 Å². The molecule has 0 aromatic rings. The summed E-state index contributed by atoms with van der Waals surface area (Å²) in [6.45, 7) is 6.47. The first-order valence-electron chi connectivity index (χ1n) is 27.9. The van der Waals surface area contributed by atoms with Crippen LogP contribution >= 0.6 is 0 Å². The molecule has 0 radical (unpaired) electrons. The van der Waals surface area contributed by atoms with Gasteiger partial charge in [0.15, 0.2) is 6.10 Å². The molecular formula is C60H104O6. The third-order valence-corrected chi connectivity index (χ3v) is 12.0. The number of unbranched alkanes of at least 4 members (excludes halogenated alkanes) is 27. The summed E-state index contributed by atoms with van der Waals surface area (Å²) in [7, 11) is 0. The molecule has 0 aliphatic rings. The number of hydrogen-bond donors (Lipinski definition) is 0. The molecule has 6 heteroatoms. The lowest BCUT2D eigenvalue weighted by Gasteiger charge is -2.18. The first kappa shape index (κ1) is 62.8. The van der Waals surface area contributed by atoms with Gasteiger partial charge in [-0.2, -0.15) is 0 Å². The van der Waals surface area contributed by atoms with E-state index in [-0.39, 0.29) is 37.5 Å². The summed E-state index contributed by atoms with van der Waals surface area (Å²) in [5.74, 6) is -0.986. The molecule has 0 aliphatic carbocycles. The largest absolute Gasteiger partial charge is 0.462 e. The van der Waals surface area contributed by atoms with E-state index in [1.54, 1.807) is 0 Å². The van der Waals surface area contributed by atoms with Gasteiger partial charge in [0, 0.05) is 19.3 Å². The first-order chi connectivity index (χ1) is 32.5. The van der Waals surface area contributed by atoms with Crippen LogP contribution in [0.25, 0.3) is 0 Å². The minimum absolute atomic E-state index is 0.0992. The topological polar surface area (TPSA) is 78.9 Å². The van der Waals surface area contributed by atoms with Crippen molar-refractivity contribution in [2.24, 2.45) is 0 Å². The molecule has 0 amide bonds. The van der Waals surface area contributed by atoms with Gasteiger partial charge >= 0.3 is 17.9 Å². The van der Waals surface area contributed by atoms with Crippen molar-refractivity contribution in [3.63, 3.8) is 0 Å². The molecule has 0 aromatic carbocycles. The van der Waals surface area contributed by atoms with E-state index in [1.807, 2.05) is 6.08 Å². The van der Waals surface area contributed by atoms with Gasteiger partial charge < -0.3 is 14.2 Å². The Morgan fingerprint density at radius 2 is 0.621 bits per heavy atom. The van der Waals surface area contributed by atoms with Crippen molar-refractivity contribution in [2.75, 3.05) is 13.2 Å². The Bertz CT molecular complexity index is 1240. The van der Waals surface area contributed by atoms with Crippen LogP contribution in [0.15, 0.2) is 72.9 Å². The summed E-state index contributed by atoms with van der Waals surface area (Å²) in [6.07, 6.45) is 69.0. The van der Waals surface area contributed by atoms with E-state index in [1.165, 1.54) is 141 Å². The fourth-order valence-corrected chi connectivity index (χ4v) is 7.78. The monoisotopic (exact) mass is 921 g/mol. The highest BCUT2D eigenvalue weighted by Gasteiger charge is 2.19. The highest BCUT2D eigenvalue weighted by Crippen LogP contribution is 2.16. The van der Waals surface area contributed by atoms with E-state index < -0.39 is 6.10 Å². The number of rotatable bonds is 50. The minimum Gasteiger partial charge on any atom is -0.462 e. The van der Waals surface area contributed by atoms with Gasteiger partial charge in [-0.1, -0.05) is 248 Å². The zero-order valence-corrected chi connectivity index (χ0v) is 43.4. The molecule has 1 unspecified atom stereocenters. The van der Waals surface area contributed by atoms with Crippen molar-refractivity contribution < 1.29 is 28.6 Å². The molecule has 66 heavy (non-hydrogen) atoms. The lowest BCUT2D eigenvalue weighted by atomic mass is 10.0. The van der Waals surface area contributed by atoms with E-state index in [0.717, 1.165) is 83.5 Å². The van der Waals surface area contributed by atoms with Gasteiger partial charge in [0.1, 0.15) is 13.2 Å². The predicted octanol–water partition coefficient (Wildman–Crippen LogP) is 18.6. The second-order valence-corrected chi connectivity index (χ2v) is 18.5. The molecule has 0 spiro atoms. The molecule has 1 atom stereocenters. The Labute approximate surface area is 408 Å². The van der Waals surface area contributed by atoms with Crippen LogP contribution < -0.4 is 0 Å².